The molecule has 2 fully saturated rings. The van der Waals surface area contributed by atoms with E-state index < -0.39 is 25.7 Å². The SMILES string of the molecule is CC1(C)C2CCC1(C(Cl)S(=O)(=O)O)C(=O)C2. The van der Waals surface area contributed by atoms with Crippen LogP contribution in [0.1, 0.15) is 33.1 Å². The van der Waals surface area contributed by atoms with Gasteiger partial charge in [0.25, 0.3) is 10.1 Å². The fourth-order valence-electron chi connectivity index (χ4n) is 3.50. The first kappa shape index (κ1) is 12.3. The molecular weight excluding hydrogens is 252 g/mol. The van der Waals surface area contributed by atoms with E-state index in [1.807, 2.05) is 13.8 Å². The van der Waals surface area contributed by atoms with E-state index in [1.54, 1.807) is 0 Å². The van der Waals surface area contributed by atoms with E-state index >= 15 is 0 Å². The lowest BCUT2D eigenvalue weighted by molar-refractivity contribution is -0.128. The Morgan fingerprint density at radius 3 is 2.38 bits per heavy atom. The summed E-state index contributed by atoms with van der Waals surface area (Å²) in [5.41, 5.74) is -1.56. The van der Waals surface area contributed by atoms with Crippen molar-refractivity contribution in [1.82, 2.24) is 0 Å². The molecule has 0 radical (unpaired) electrons. The van der Waals surface area contributed by atoms with Crippen LogP contribution < -0.4 is 0 Å². The maximum Gasteiger partial charge on any atom is 0.282 e. The van der Waals surface area contributed by atoms with E-state index in [0.717, 1.165) is 6.42 Å². The first-order valence-corrected chi connectivity index (χ1v) is 7.21. The molecule has 4 nitrogen and oxygen atoms in total. The first-order chi connectivity index (χ1) is 7.14. The minimum absolute atomic E-state index is 0.119. The summed E-state index contributed by atoms with van der Waals surface area (Å²) < 4.78 is 30.0. The molecule has 0 saturated heterocycles. The second kappa shape index (κ2) is 3.21. The number of hydrogen-bond acceptors (Lipinski definition) is 3. The van der Waals surface area contributed by atoms with E-state index in [1.165, 1.54) is 0 Å². The number of alkyl halides is 1. The average Bonchev–Trinajstić information content (AvgIpc) is 2.48. The highest BCUT2D eigenvalue weighted by Gasteiger charge is 2.69. The molecule has 0 aromatic heterocycles. The zero-order valence-corrected chi connectivity index (χ0v) is 10.8. The highest BCUT2D eigenvalue weighted by molar-refractivity contribution is 7.87. The van der Waals surface area contributed by atoms with Gasteiger partial charge in [-0.2, -0.15) is 8.42 Å². The highest BCUT2D eigenvalue weighted by Crippen LogP contribution is 2.66. The predicted molar refractivity (Wildman–Crippen MR) is 59.8 cm³/mol. The third-order valence-corrected chi connectivity index (χ3v) is 6.61. The standard InChI is InChI=1S/C10H15ClO4S/c1-9(2)6-3-4-10(9,7(12)5-6)8(11)16(13,14)15/h6,8H,3-5H2,1-2H3,(H,13,14,15). The highest BCUT2D eigenvalue weighted by atomic mass is 35.5. The summed E-state index contributed by atoms with van der Waals surface area (Å²) in [7, 11) is -4.39. The Kier molecular flexibility index (Phi) is 2.47. The molecule has 0 aromatic carbocycles. The van der Waals surface area contributed by atoms with Crippen molar-refractivity contribution in [2.24, 2.45) is 16.7 Å². The summed E-state index contributed by atoms with van der Waals surface area (Å²) in [4.78, 5) is 12.0. The van der Waals surface area contributed by atoms with Crippen molar-refractivity contribution in [3.8, 4) is 0 Å². The third kappa shape index (κ3) is 1.25. The Balaban J connectivity index is 2.56. The second-order valence-corrected chi connectivity index (χ2v) is 7.58. The summed E-state index contributed by atoms with van der Waals surface area (Å²) in [5.74, 6) is 0.0642. The van der Waals surface area contributed by atoms with E-state index in [-0.39, 0.29) is 11.7 Å². The van der Waals surface area contributed by atoms with Crippen molar-refractivity contribution in [2.45, 2.75) is 37.8 Å². The quantitative estimate of drug-likeness (QED) is 0.611. The van der Waals surface area contributed by atoms with E-state index in [4.69, 9.17) is 16.2 Å². The maximum absolute atomic E-state index is 12.0. The normalized spacial score (nSPS) is 39.0. The van der Waals surface area contributed by atoms with Crippen molar-refractivity contribution < 1.29 is 17.8 Å². The van der Waals surface area contributed by atoms with Gasteiger partial charge in [-0.25, -0.2) is 0 Å². The molecule has 2 aliphatic rings. The third-order valence-electron chi connectivity index (χ3n) is 4.64. The zero-order chi connectivity index (χ0) is 12.4. The lowest BCUT2D eigenvalue weighted by Crippen LogP contribution is -2.47. The van der Waals surface area contributed by atoms with Crippen LogP contribution in [0.2, 0.25) is 0 Å². The van der Waals surface area contributed by atoms with Gasteiger partial charge in [-0.15, -0.1) is 11.6 Å². The molecule has 16 heavy (non-hydrogen) atoms. The number of Topliss-reactive ketones (excluding diaryl/α,β-unsaturated/α-hetero) is 1. The summed E-state index contributed by atoms with van der Waals surface area (Å²) in [6.45, 7) is 3.74. The van der Waals surface area contributed by atoms with Gasteiger partial charge in [0, 0.05) is 6.42 Å². The Labute approximate surface area is 100 Å². The number of rotatable bonds is 2. The van der Waals surface area contributed by atoms with Crippen LogP contribution in [0.3, 0.4) is 0 Å². The minimum atomic E-state index is -4.39. The van der Waals surface area contributed by atoms with Crippen LogP contribution in [0.5, 0.6) is 0 Å². The summed E-state index contributed by atoms with van der Waals surface area (Å²) in [5, 5.41) is 0. The van der Waals surface area contributed by atoms with Crippen molar-refractivity contribution in [3.05, 3.63) is 0 Å². The Morgan fingerprint density at radius 1 is 1.50 bits per heavy atom. The maximum atomic E-state index is 12.0. The lowest BCUT2D eigenvalue weighted by atomic mass is 9.70. The van der Waals surface area contributed by atoms with E-state index in [2.05, 4.69) is 0 Å². The topological polar surface area (TPSA) is 71.4 Å². The molecule has 92 valence electrons. The molecule has 0 aliphatic heterocycles. The van der Waals surface area contributed by atoms with E-state index in [0.29, 0.717) is 12.8 Å². The molecule has 2 rings (SSSR count). The van der Waals surface area contributed by atoms with Crippen LogP contribution in [0, 0.1) is 16.7 Å². The van der Waals surface area contributed by atoms with Gasteiger partial charge in [0.1, 0.15) is 5.78 Å². The predicted octanol–water partition coefficient (Wildman–Crippen LogP) is 1.83. The van der Waals surface area contributed by atoms with Gasteiger partial charge < -0.3 is 0 Å². The van der Waals surface area contributed by atoms with Gasteiger partial charge in [-0.3, -0.25) is 9.35 Å². The Morgan fingerprint density at radius 2 is 2.06 bits per heavy atom. The molecule has 6 heteroatoms. The smallest absolute Gasteiger partial charge is 0.282 e. The summed E-state index contributed by atoms with van der Waals surface area (Å²) in [6.07, 6.45) is 1.64. The number of carbonyl (C=O) groups is 1. The molecule has 0 aromatic rings. The fraction of sp³-hybridized carbons (Fsp3) is 0.900. The van der Waals surface area contributed by atoms with Crippen molar-refractivity contribution >= 4 is 27.5 Å². The number of hydrogen-bond donors (Lipinski definition) is 1. The lowest BCUT2D eigenvalue weighted by Gasteiger charge is -2.38. The van der Waals surface area contributed by atoms with Gasteiger partial charge >= 0.3 is 0 Å². The molecule has 3 unspecified atom stereocenters. The number of fused-ring (bicyclic) bond motifs is 2. The Bertz CT molecular complexity index is 442. The van der Waals surface area contributed by atoms with Crippen molar-refractivity contribution in [2.75, 3.05) is 0 Å². The molecule has 1 N–H and O–H groups in total. The number of ketones is 1. The van der Waals surface area contributed by atoms with Gasteiger partial charge in [0.2, 0.25) is 0 Å². The molecule has 2 bridgehead atoms. The molecule has 2 aliphatic carbocycles. The molecular formula is C10H15ClO4S. The average molecular weight is 267 g/mol. The van der Waals surface area contributed by atoms with Gasteiger partial charge in [-0.1, -0.05) is 13.8 Å². The van der Waals surface area contributed by atoms with Crippen LogP contribution >= 0.6 is 11.6 Å². The fourth-order valence-corrected chi connectivity index (χ4v) is 5.07. The van der Waals surface area contributed by atoms with Crippen LogP contribution in [0.4, 0.5) is 0 Å². The van der Waals surface area contributed by atoms with Crippen LogP contribution in [-0.2, 0) is 14.9 Å². The molecule has 3 atom stereocenters. The summed E-state index contributed by atoms with van der Waals surface area (Å²) >= 11 is 5.87. The van der Waals surface area contributed by atoms with Crippen LogP contribution in [0.15, 0.2) is 0 Å². The van der Waals surface area contributed by atoms with Gasteiger partial charge in [0.05, 0.1) is 5.41 Å². The Hall–Kier alpha value is -0.130. The monoisotopic (exact) mass is 266 g/mol. The largest absolute Gasteiger partial charge is 0.299 e. The molecule has 2 saturated carbocycles. The van der Waals surface area contributed by atoms with Crippen molar-refractivity contribution in [1.29, 1.82) is 0 Å². The minimum Gasteiger partial charge on any atom is -0.299 e. The molecule has 0 spiro atoms. The first-order valence-electron chi connectivity index (χ1n) is 5.27. The second-order valence-electron chi connectivity index (χ2n) is 5.39. The number of halogens is 1. The van der Waals surface area contributed by atoms with Gasteiger partial charge in [0.15, 0.2) is 4.71 Å². The zero-order valence-electron chi connectivity index (χ0n) is 9.23. The van der Waals surface area contributed by atoms with Gasteiger partial charge in [-0.05, 0) is 24.2 Å². The van der Waals surface area contributed by atoms with E-state index in [9.17, 15) is 13.2 Å². The molecule has 0 amide bonds. The number of carbonyl (C=O) groups excluding carboxylic acids is 1. The summed E-state index contributed by atoms with van der Waals surface area (Å²) in [6, 6.07) is 0. The van der Waals surface area contributed by atoms with Crippen molar-refractivity contribution in [3.63, 3.8) is 0 Å². The van der Waals surface area contributed by atoms with Crippen LogP contribution in [0.25, 0.3) is 0 Å². The molecule has 0 heterocycles. The van der Waals surface area contributed by atoms with Crippen LogP contribution in [-0.4, -0.2) is 23.5 Å².